The molecule has 0 fully saturated rings. The lowest BCUT2D eigenvalue weighted by molar-refractivity contribution is 0.184. The van der Waals surface area contributed by atoms with Crippen LogP contribution in [0.3, 0.4) is 0 Å². The molecule has 0 aliphatic rings. The molecule has 2 aromatic carbocycles. The zero-order valence-corrected chi connectivity index (χ0v) is 17.1. The molecule has 160 valence electrons. The molecule has 0 unspecified atom stereocenters. The smallest absolute Gasteiger partial charge is 0.337 e. The summed E-state index contributed by atoms with van der Waals surface area (Å²) in [5, 5.41) is 0.484. The molecule has 0 atom stereocenters. The third kappa shape index (κ3) is 3.89. The summed E-state index contributed by atoms with van der Waals surface area (Å²) >= 11 is 5.96. The van der Waals surface area contributed by atoms with Crippen LogP contribution < -0.4 is 11.2 Å². The molecule has 7 nitrogen and oxygen atoms in total. The van der Waals surface area contributed by atoms with Gasteiger partial charge in [0.15, 0.2) is 11.2 Å². The Morgan fingerprint density at radius 1 is 1.10 bits per heavy atom. The molecule has 0 spiro atoms. The molecule has 0 saturated carbocycles. The highest BCUT2D eigenvalue weighted by molar-refractivity contribution is 6.30. The molecular weight excluding hydrogens is 430 g/mol. The molecule has 0 amide bonds. The second-order valence-corrected chi connectivity index (χ2v) is 7.26. The first kappa shape index (κ1) is 21.0. The fraction of sp³-hybridized carbons (Fsp3) is 0.190. The van der Waals surface area contributed by atoms with Crippen molar-refractivity contribution < 1.29 is 13.5 Å². The van der Waals surface area contributed by atoms with Gasteiger partial charge >= 0.3 is 5.69 Å². The third-order valence-electron chi connectivity index (χ3n) is 4.86. The summed E-state index contributed by atoms with van der Waals surface area (Å²) in [6.45, 7) is 0.0940. The average molecular weight is 447 g/mol. The highest BCUT2D eigenvalue weighted by atomic mass is 35.5. The SMILES string of the molecule is COCCn1c(=O)c2c(ncn2Cc2ccc(F)cc2F)n(-c2ccc(Cl)cc2)c1=O. The van der Waals surface area contributed by atoms with Crippen molar-refractivity contribution in [3.05, 3.63) is 91.9 Å². The maximum absolute atomic E-state index is 14.2. The van der Waals surface area contributed by atoms with Crippen molar-refractivity contribution in [2.24, 2.45) is 0 Å². The summed E-state index contributed by atoms with van der Waals surface area (Å²) in [5.41, 5.74) is -0.309. The first-order valence-corrected chi connectivity index (χ1v) is 9.68. The van der Waals surface area contributed by atoms with E-state index in [0.717, 1.165) is 16.7 Å². The zero-order valence-electron chi connectivity index (χ0n) is 16.4. The van der Waals surface area contributed by atoms with E-state index in [4.69, 9.17) is 16.3 Å². The van der Waals surface area contributed by atoms with E-state index in [-0.39, 0.29) is 36.4 Å². The van der Waals surface area contributed by atoms with Gasteiger partial charge in [0.1, 0.15) is 11.6 Å². The first-order valence-electron chi connectivity index (χ1n) is 9.30. The van der Waals surface area contributed by atoms with Crippen molar-refractivity contribution in [2.75, 3.05) is 13.7 Å². The van der Waals surface area contributed by atoms with Gasteiger partial charge in [-0.1, -0.05) is 17.7 Å². The maximum Gasteiger partial charge on any atom is 0.337 e. The number of nitrogens with zero attached hydrogens (tertiary/aromatic N) is 4. The van der Waals surface area contributed by atoms with Crippen molar-refractivity contribution in [2.45, 2.75) is 13.1 Å². The van der Waals surface area contributed by atoms with E-state index in [1.54, 1.807) is 24.3 Å². The predicted octanol–water partition coefficient (Wildman–Crippen LogP) is 2.98. The van der Waals surface area contributed by atoms with Crippen LogP contribution in [0.25, 0.3) is 16.9 Å². The van der Waals surface area contributed by atoms with Crippen molar-refractivity contribution in [3.8, 4) is 5.69 Å². The number of halogens is 3. The molecule has 0 N–H and O–H groups in total. The molecule has 10 heteroatoms. The Labute approximate surface area is 179 Å². The standard InChI is InChI=1S/C21H17ClF2N4O3/c1-31-9-8-27-20(29)18-19(28(21(27)30)16-6-3-14(22)4-7-16)25-12-26(18)11-13-2-5-15(23)10-17(13)24/h2-7,10,12H,8-9,11H2,1H3. The van der Waals surface area contributed by atoms with Crippen LogP contribution in [-0.4, -0.2) is 32.4 Å². The van der Waals surface area contributed by atoms with E-state index in [1.165, 1.54) is 28.6 Å². The number of ether oxygens (including phenoxy) is 1. The number of benzene rings is 2. The Balaban J connectivity index is 1.96. The van der Waals surface area contributed by atoms with Crippen molar-refractivity contribution >= 4 is 22.8 Å². The lowest BCUT2D eigenvalue weighted by atomic mass is 10.2. The van der Waals surface area contributed by atoms with Gasteiger partial charge < -0.3 is 9.30 Å². The molecule has 0 aliphatic heterocycles. The Bertz CT molecular complexity index is 1380. The van der Waals surface area contributed by atoms with Crippen LogP contribution in [0, 0.1) is 11.6 Å². The third-order valence-corrected chi connectivity index (χ3v) is 5.11. The van der Waals surface area contributed by atoms with E-state index in [9.17, 15) is 18.4 Å². The molecule has 0 bridgehead atoms. The number of hydrogen-bond donors (Lipinski definition) is 0. The predicted molar refractivity (Wildman–Crippen MR) is 112 cm³/mol. The number of imidazole rings is 1. The minimum absolute atomic E-state index is 0.0216. The Morgan fingerprint density at radius 3 is 2.52 bits per heavy atom. The molecule has 2 aromatic heterocycles. The molecule has 4 rings (SSSR count). The molecule has 2 heterocycles. The lowest BCUT2D eigenvalue weighted by Gasteiger charge is -2.13. The number of methoxy groups -OCH3 is 1. The second kappa shape index (κ2) is 8.44. The van der Waals surface area contributed by atoms with Crippen LogP contribution in [0.1, 0.15) is 5.56 Å². The van der Waals surface area contributed by atoms with Gasteiger partial charge in [0.05, 0.1) is 31.7 Å². The summed E-state index contributed by atoms with van der Waals surface area (Å²) in [7, 11) is 1.46. The first-order chi connectivity index (χ1) is 14.9. The van der Waals surface area contributed by atoms with E-state index in [2.05, 4.69) is 4.98 Å². The van der Waals surface area contributed by atoms with Gasteiger partial charge in [0.2, 0.25) is 0 Å². The maximum atomic E-state index is 14.2. The fourth-order valence-electron chi connectivity index (χ4n) is 3.34. The highest BCUT2D eigenvalue weighted by Crippen LogP contribution is 2.18. The topological polar surface area (TPSA) is 71.1 Å². The van der Waals surface area contributed by atoms with Crippen LogP contribution in [0.2, 0.25) is 5.02 Å². The van der Waals surface area contributed by atoms with Crippen LogP contribution in [0.4, 0.5) is 8.78 Å². The summed E-state index contributed by atoms with van der Waals surface area (Å²) in [6, 6.07) is 9.71. The fourth-order valence-corrected chi connectivity index (χ4v) is 3.46. The van der Waals surface area contributed by atoms with E-state index in [0.29, 0.717) is 10.7 Å². The number of aromatic nitrogens is 4. The summed E-state index contributed by atoms with van der Waals surface area (Å²) in [6.07, 6.45) is 1.35. The molecular formula is C21H17ClF2N4O3. The zero-order chi connectivity index (χ0) is 22.1. The number of fused-ring (bicyclic) bond motifs is 1. The largest absolute Gasteiger partial charge is 0.383 e. The van der Waals surface area contributed by atoms with Gasteiger partial charge in [-0.3, -0.25) is 9.36 Å². The molecule has 0 aliphatic carbocycles. The minimum atomic E-state index is -0.743. The van der Waals surface area contributed by atoms with E-state index < -0.39 is 22.9 Å². The summed E-state index contributed by atoms with van der Waals surface area (Å²) in [5.74, 6) is -1.44. The van der Waals surface area contributed by atoms with Crippen molar-refractivity contribution in [3.63, 3.8) is 0 Å². The Hall–Kier alpha value is -3.30. The van der Waals surface area contributed by atoms with Gasteiger partial charge in [0.25, 0.3) is 5.56 Å². The Kier molecular flexibility index (Phi) is 5.71. The normalized spacial score (nSPS) is 11.4. The van der Waals surface area contributed by atoms with E-state index in [1.807, 2.05) is 0 Å². The van der Waals surface area contributed by atoms with Gasteiger partial charge in [0, 0.05) is 23.8 Å². The molecule has 0 saturated heterocycles. The monoisotopic (exact) mass is 446 g/mol. The van der Waals surface area contributed by atoms with E-state index >= 15 is 0 Å². The van der Waals surface area contributed by atoms with Crippen LogP contribution >= 0.6 is 11.6 Å². The van der Waals surface area contributed by atoms with Crippen molar-refractivity contribution in [1.29, 1.82) is 0 Å². The molecule has 0 radical (unpaired) electrons. The minimum Gasteiger partial charge on any atom is -0.383 e. The average Bonchev–Trinajstić information content (AvgIpc) is 3.15. The molecule has 31 heavy (non-hydrogen) atoms. The second-order valence-electron chi connectivity index (χ2n) is 6.82. The van der Waals surface area contributed by atoms with Gasteiger partial charge in [-0.15, -0.1) is 0 Å². The van der Waals surface area contributed by atoms with Gasteiger partial charge in [-0.2, -0.15) is 0 Å². The Morgan fingerprint density at radius 2 is 1.84 bits per heavy atom. The van der Waals surface area contributed by atoms with Crippen LogP contribution in [0.5, 0.6) is 0 Å². The van der Waals surface area contributed by atoms with Crippen LogP contribution in [0.15, 0.2) is 58.4 Å². The highest BCUT2D eigenvalue weighted by Gasteiger charge is 2.20. The quantitative estimate of drug-likeness (QED) is 0.456. The number of hydrogen-bond acceptors (Lipinski definition) is 4. The van der Waals surface area contributed by atoms with Gasteiger partial charge in [-0.25, -0.2) is 23.1 Å². The lowest BCUT2D eigenvalue weighted by Crippen LogP contribution is -2.41. The van der Waals surface area contributed by atoms with Crippen molar-refractivity contribution in [1.82, 2.24) is 18.7 Å². The molecule has 4 aromatic rings. The van der Waals surface area contributed by atoms with Gasteiger partial charge in [-0.05, 0) is 30.3 Å². The summed E-state index contributed by atoms with van der Waals surface area (Å²) in [4.78, 5) is 30.6. The summed E-state index contributed by atoms with van der Waals surface area (Å²) < 4.78 is 36.2. The van der Waals surface area contributed by atoms with Crippen LogP contribution in [-0.2, 0) is 17.8 Å². The number of rotatable bonds is 6.